The lowest BCUT2D eigenvalue weighted by molar-refractivity contribution is 0.559. The van der Waals surface area contributed by atoms with E-state index < -0.39 is 0 Å². The standard InChI is InChI=1S/C12H17ClN2/c1-12(2,3)9-7-10(13)15-11(14-9)6-8-4-5-8/h7-8H,4-6H2,1-3H3. The first kappa shape index (κ1) is 10.9. The van der Waals surface area contributed by atoms with Gasteiger partial charge in [0, 0.05) is 11.8 Å². The first-order chi connectivity index (χ1) is 6.95. The van der Waals surface area contributed by atoms with E-state index >= 15 is 0 Å². The summed E-state index contributed by atoms with van der Waals surface area (Å²) in [5, 5.41) is 0.575. The van der Waals surface area contributed by atoms with Crippen LogP contribution >= 0.6 is 11.6 Å². The Morgan fingerprint density at radius 3 is 2.53 bits per heavy atom. The fourth-order valence-electron chi connectivity index (χ4n) is 1.52. The fourth-order valence-corrected chi connectivity index (χ4v) is 1.72. The van der Waals surface area contributed by atoms with Gasteiger partial charge in [0.1, 0.15) is 11.0 Å². The molecule has 15 heavy (non-hydrogen) atoms. The van der Waals surface area contributed by atoms with E-state index in [1.807, 2.05) is 6.07 Å². The van der Waals surface area contributed by atoms with Crippen molar-refractivity contribution in [1.82, 2.24) is 9.97 Å². The second-order valence-corrected chi connectivity index (χ2v) is 5.78. The normalized spacial score (nSPS) is 16.8. The Kier molecular flexibility index (Phi) is 2.72. The van der Waals surface area contributed by atoms with Crippen LogP contribution in [0.1, 0.15) is 45.1 Å². The Labute approximate surface area is 96.1 Å². The number of hydrogen-bond donors (Lipinski definition) is 0. The molecule has 1 aromatic heterocycles. The van der Waals surface area contributed by atoms with E-state index in [0.717, 1.165) is 23.9 Å². The highest BCUT2D eigenvalue weighted by molar-refractivity contribution is 6.29. The second kappa shape index (κ2) is 3.75. The predicted octanol–water partition coefficient (Wildman–Crippen LogP) is 3.38. The van der Waals surface area contributed by atoms with Crippen LogP contribution in [0.25, 0.3) is 0 Å². The molecule has 82 valence electrons. The molecular weight excluding hydrogens is 208 g/mol. The van der Waals surface area contributed by atoms with Crippen LogP contribution in [0.2, 0.25) is 5.15 Å². The summed E-state index contributed by atoms with van der Waals surface area (Å²) in [5.74, 6) is 1.71. The monoisotopic (exact) mass is 224 g/mol. The lowest BCUT2D eigenvalue weighted by Gasteiger charge is -2.18. The molecule has 0 saturated heterocycles. The Bertz CT molecular complexity index is 364. The molecule has 1 aliphatic carbocycles. The van der Waals surface area contributed by atoms with E-state index in [1.54, 1.807) is 0 Å². The van der Waals surface area contributed by atoms with Crippen LogP contribution in [0.3, 0.4) is 0 Å². The van der Waals surface area contributed by atoms with Crippen molar-refractivity contribution in [1.29, 1.82) is 0 Å². The number of aromatic nitrogens is 2. The van der Waals surface area contributed by atoms with Gasteiger partial charge >= 0.3 is 0 Å². The van der Waals surface area contributed by atoms with Gasteiger partial charge in [-0.05, 0) is 24.8 Å². The molecule has 0 bridgehead atoms. The van der Waals surface area contributed by atoms with Crippen LogP contribution in [-0.2, 0) is 11.8 Å². The zero-order valence-electron chi connectivity index (χ0n) is 9.55. The van der Waals surface area contributed by atoms with Crippen LogP contribution in [0, 0.1) is 5.92 Å². The van der Waals surface area contributed by atoms with E-state index in [0.29, 0.717) is 5.15 Å². The smallest absolute Gasteiger partial charge is 0.133 e. The molecule has 1 aliphatic rings. The maximum absolute atomic E-state index is 6.01. The van der Waals surface area contributed by atoms with Gasteiger partial charge in [0.25, 0.3) is 0 Å². The van der Waals surface area contributed by atoms with E-state index in [-0.39, 0.29) is 5.41 Å². The van der Waals surface area contributed by atoms with E-state index in [4.69, 9.17) is 11.6 Å². The predicted molar refractivity (Wildman–Crippen MR) is 62.2 cm³/mol. The molecule has 0 aliphatic heterocycles. The highest BCUT2D eigenvalue weighted by Gasteiger charge is 2.24. The molecular formula is C12H17ClN2. The van der Waals surface area contributed by atoms with E-state index in [2.05, 4.69) is 30.7 Å². The van der Waals surface area contributed by atoms with Crippen molar-refractivity contribution in [2.75, 3.05) is 0 Å². The van der Waals surface area contributed by atoms with Gasteiger partial charge in [-0.25, -0.2) is 9.97 Å². The Morgan fingerprint density at radius 2 is 2.00 bits per heavy atom. The Balaban J connectivity index is 2.27. The van der Waals surface area contributed by atoms with Crippen LogP contribution in [0.4, 0.5) is 0 Å². The summed E-state index contributed by atoms with van der Waals surface area (Å²) in [6.07, 6.45) is 3.63. The molecule has 0 atom stereocenters. The Morgan fingerprint density at radius 1 is 1.33 bits per heavy atom. The molecule has 1 fully saturated rings. The number of rotatable bonds is 2. The molecule has 0 radical (unpaired) electrons. The van der Waals surface area contributed by atoms with Gasteiger partial charge in [0.15, 0.2) is 0 Å². The minimum absolute atomic E-state index is 0.0465. The van der Waals surface area contributed by atoms with Crippen molar-refractivity contribution in [2.45, 2.75) is 45.4 Å². The highest BCUT2D eigenvalue weighted by Crippen LogP contribution is 2.32. The van der Waals surface area contributed by atoms with Crippen molar-refractivity contribution in [3.8, 4) is 0 Å². The zero-order chi connectivity index (χ0) is 11.1. The van der Waals surface area contributed by atoms with Crippen molar-refractivity contribution in [3.63, 3.8) is 0 Å². The van der Waals surface area contributed by atoms with Gasteiger partial charge in [0.2, 0.25) is 0 Å². The van der Waals surface area contributed by atoms with Crippen molar-refractivity contribution in [3.05, 3.63) is 22.7 Å². The molecule has 0 amide bonds. The van der Waals surface area contributed by atoms with Gasteiger partial charge in [-0.3, -0.25) is 0 Å². The minimum atomic E-state index is 0.0465. The molecule has 0 N–H and O–H groups in total. The maximum Gasteiger partial charge on any atom is 0.133 e. The van der Waals surface area contributed by atoms with Crippen LogP contribution in [-0.4, -0.2) is 9.97 Å². The maximum atomic E-state index is 6.01. The molecule has 2 rings (SSSR count). The topological polar surface area (TPSA) is 25.8 Å². The first-order valence-electron chi connectivity index (χ1n) is 5.49. The number of halogens is 1. The van der Waals surface area contributed by atoms with Gasteiger partial charge in [-0.1, -0.05) is 32.4 Å². The molecule has 1 saturated carbocycles. The molecule has 0 aromatic carbocycles. The minimum Gasteiger partial charge on any atom is -0.237 e. The molecule has 1 heterocycles. The average Bonchev–Trinajstić information content (AvgIpc) is 2.85. The third-order valence-electron chi connectivity index (χ3n) is 2.68. The second-order valence-electron chi connectivity index (χ2n) is 5.39. The van der Waals surface area contributed by atoms with Crippen molar-refractivity contribution < 1.29 is 0 Å². The summed E-state index contributed by atoms with van der Waals surface area (Å²) in [5.41, 5.74) is 1.09. The van der Waals surface area contributed by atoms with E-state index in [9.17, 15) is 0 Å². The molecule has 1 aromatic rings. The van der Waals surface area contributed by atoms with Gasteiger partial charge in [0.05, 0.1) is 5.69 Å². The quantitative estimate of drug-likeness (QED) is 0.720. The zero-order valence-corrected chi connectivity index (χ0v) is 10.3. The molecule has 0 unspecified atom stereocenters. The third kappa shape index (κ3) is 2.91. The SMILES string of the molecule is CC(C)(C)c1cc(Cl)nc(CC2CC2)n1. The first-order valence-corrected chi connectivity index (χ1v) is 5.87. The lowest BCUT2D eigenvalue weighted by Crippen LogP contribution is -2.15. The molecule has 0 spiro atoms. The summed E-state index contributed by atoms with van der Waals surface area (Å²) < 4.78 is 0. The third-order valence-corrected chi connectivity index (χ3v) is 2.87. The van der Waals surface area contributed by atoms with Gasteiger partial charge in [-0.15, -0.1) is 0 Å². The summed E-state index contributed by atoms with van der Waals surface area (Å²) in [6.45, 7) is 6.44. The van der Waals surface area contributed by atoms with Gasteiger partial charge < -0.3 is 0 Å². The van der Waals surface area contributed by atoms with Crippen molar-refractivity contribution >= 4 is 11.6 Å². The number of hydrogen-bond acceptors (Lipinski definition) is 2. The van der Waals surface area contributed by atoms with Crippen LogP contribution < -0.4 is 0 Å². The summed E-state index contributed by atoms with van der Waals surface area (Å²) in [7, 11) is 0. The largest absolute Gasteiger partial charge is 0.237 e. The van der Waals surface area contributed by atoms with Gasteiger partial charge in [-0.2, -0.15) is 0 Å². The van der Waals surface area contributed by atoms with Crippen LogP contribution in [0.15, 0.2) is 6.07 Å². The molecule has 2 nitrogen and oxygen atoms in total. The highest BCUT2D eigenvalue weighted by atomic mass is 35.5. The fraction of sp³-hybridized carbons (Fsp3) is 0.667. The van der Waals surface area contributed by atoms with Crippen LogP contribution in [0.5, 0.6) is 0 Å². The summed E-state index contributed by atoms with van der Waals surface area (Å²) in [4.78, 5) is 8.87. The Hall–Kier alpha value is -0.630. The average molecular weight is 225 g/mol. The molecule has 3 heteroatoms. The summed E-state index contributed by atoms with van der Waals surface area (Å²) in [6, 6.07) is 1.87. The van der Waals surface area contributed by atoms with Crippen molar-refractivity contribution in [2.24, 2.45) is 5.92 Å². The lowest BCUT2D eigenvalue weighted by atomic mass is 9.92. The van der Waals surface area contributed by atoms with E-state index in [1.165, 1.54) is 12.8 Å². The number of nitrogens with zero attached hydrogens (tertiary/aromatic N) is 2. The summed E-state index contributed by atoms with van der Waals surface area (Å²) >= 11 is 6.01.